The van der Waals surface area contributed by atoms with Gasteiger partial charge < -0.3 is 0 Å². The van der Waals surface area contributed by atoms with Crippen LogP contribution in [0.25, 0.3) is 0 Å². The van der Waals surface area contributed by atoms with Crippen LogP contribution in [-0.2, 0) is 12.8 Å². The third-order valence-electron chi connectivity index (χ3n) is 3.53. The zero-order chi connectivity index (χ0) is 12.5. The molecule has 0 aromatic heterocycles. The average molecular weight is 257 g/mol. The number of fused-ring (bicyclic) bond motifs is 1. The number of hydrogen-bond donors (Lipinski definition) is 0. The second kappa shape index (κ2) is 4.58. The first-order valence-corrected chi connectivity index (χ1v) is 6.48. The first-order valence-electron chi connectivity index (χ1n) is 6.10. The van der Waals surface area contributed by atoms with Crippen molar-refractivity contribution in [2.24, 2.45) is 5.92 Å². The Morgan fingerprint density at radius 3 is 2.28 bits per heavy atom. The Labute approximate surface area is 111 Å². The predicted molar refractivity (Wildman–Crippen MR) is 73.1 cm³/mol. The Hall–Kier alpha value is -1.60. The average Bonchev–Trinajstić information content (AvgIpc) is 2.81. The molecule has 0 fully saturated rings. The van der Waals surface area contributed by atoms with E-state index in [1.807, 2.05) is 24.3 Å². The molecule has 0 atom stereocenters. The van der Waals surface area contributed by atoms with E-state index in [9.17, 15) is 4.79 Å². The third kappa shape index (κ3) is 2.06. The van der Waals surface area contributed by atoms with Gasteiger partial charge in [0.25, 0.3) is 0 Å². The summed E-state index contributed by atoms with van der Waals surface area (Å²) in [7, 11) is 0. The van der Waals surface area contributed by atoms with Crippen molar-refractivity contribution in [2.45, 2.75) is 12.8 Å². The normalized spacial score (nSPS) is 14.5. The Morgan fingerprint density at radius 2 is 1.67 bits per heavy atom. The second-order valence-corrected chi connectivity index (χ2v) is 5.18. The highest BCUT2D eigenvalue weighted by atomic mass is 35.5. The molecule has 0 unspecified atom stereocenters. The highest BCUT2D eigenvalue weighted by Crippen LogP contribution is 2.29. The molecule has 0 radical (unpaired) electrons. The minimum Gasteiger partial charge on any atom is -0.294 e. The van der Waals surface area contributed by atoms with E-state index in [0.29, 0.717) is 5.02 Å². The van der Waals surface area contributed by atoms with Gasteiger partial charge in [0.05, 0.1) is 0 Å². The van der Waals surface area contributed by atoms with Crippen molar-refractivity contribution < 1.29 is 4.79 Å². The van der Waals surface area contributed by atoms with Gasteiger partial charge in [0, 0.05) is 16.5 Å². The Balaban J connectivity index is 1.84. The SMILES string of the molecule is O=C(c1cccc(Cl)c1)C1Cc2ccccc2C1. The highest BCUT2D eigenvalue weighted by Gasteiger charge is 2.27. The number of halogens is 1. The van der Waals surface area contributed by atoms with Crippen molar-refractivity contribution >= 4 is 17.4 Å². The predicted octanol–water partition coefficient (Wildman–Crippen LogP) is 3.94. The maximum Gasteiger partial charge on any atom is 0.166 e. The fraction of sp³-hybridized carbons (Fsp3) is 0.188. The Morgan fingerprint density at radius 1 is 1.00 bits per heavy atom. The monoisotopic (exact) mass is 256 g/mol. The summed E-state index contributed by atoms with van der Waals surface area (Å²) < 4.78 is 0. The van der Waals surface area contributed by atoms with E-state index in [1.165, 1.54) is 11.1 Å². The molecule has 3 rings (SSSR count). The van der Waals surface area contributed by atoms with E-state index in [0.717, 1.165) is 18.4 Å². The number of carbonyl (C=O) groups excluding carboxylic acids is 1. The van der Waals surface area contributed by atoms with Crippen molar-refractivity contribution in [3.63, 3.8) is 0 Å². The molecule has 1 aliphatic rings. The smallest absolute Gasteiger partial charge is 0.166 e. The van der Waals surface area contributed by atoms with Gasteiger partial charge in [0.1, 0.15) is 0 Å². The van der Waals surface area contributed by atoms with Crippen LogP contribution in [0.15, 0.2) is 48.5 Å². The quantitative estimate of drug-likeness (QED) is 0.744. The maximum absolute atomic E-state index is 12.4. The number of ketones is 1. The molecule has 0 aliphatic heterocycles. The highest BCUT2D eigenvalue weighted by molar-refractivity contribution is 6.31. The lowest BCUT2D eigenvalue weighted by Crippen LogP contribution is -2.14. The van der Waals surface area contributed by atoms with Crippen molar-refractivity contribution in [3.05, 3.63) is 70.2 Å². The van der Waals surface area contributed by atoms with E-state index in [4.69, 9.17) is 11.6 Å². The molecule has 0 N–H and O–H groups in total. The lowest BCUT2D eigenvalue weighted by atomic mass is 9.95. The van der Waals surface area contributed by atoms with Gasteiger partial charge in [-0.2, -0.15) is 0 Å². The van der Waals surface area contributed by atoms with Crippen LogP contribution in [0.4, 0.5) is 0 Å². The fourth-order valence-electron chi connectivity index (χ4n) is 2.62. The van der Waals surface area contributed by atoms with Gasteiger partial charge in [0.15, 0.2) is 5.78 Å². The van der Waals surface area contributed by atoms with Gasteiger partial charge in [-0.1, -0.05) is 48.0 Å². The van der Waals surface area contributed by atoms with Crippen LogP contribution in [-0.4, -0.2) is 5.78 Å². The summed E-state index contributed by atoms with van der Waals surface area (Å²) in [5.41, 5.74) is 3.33. The van der Waals surface area contributed by atoms with Gasteiger partial charge in [-0.3, -0.25) is 4.79 Å². The minimum atomic E-state index is 0.0702. The third-order valence-corrected chi connectivity index (χ3v) is 3.77. The molecule has 18 heavy (non-hydrogen) atoms. The van der Waals surface area contributed by atoms with Crippen LogP contribution >= 0.6 is 11.6 Å². The van der Waals surface area contributed by atoms with Crippen molar-refractivity contribution in [1.82, 2.24) is 0 Å². The molecule has 0 saturated carbocycles. The van der Waals surface area contributed by atoms with E-state index >= 15 is 0 Å². The molecule has 90 valence electrons. The van der Waals surface area contributed by atoms with Gasteiger partial charge >= 0.3 is 0 Å². The summed E-state index contributed by atoms with van der Waals surface area (Å²) in [5.74, 6) is 0.273. The first kappa shape index (κ1) is 11.5. The molecule has 0 saturated heterocycles. The molecule has 2 aromatic rings. The van der Waals surface area contributed by atoms with Crippen LogP contribution in [0, 0.1) is 5.92 Å². The molecule has 2 aromatic carbocycles. The van der Waals surface area contributed by atoms with Crippen LogP contribution in [0.5, 0.6) is 0 Å². The lowest BCUT2D eigenvalue weighted by molar-refractivity contribution is 0.0924. The molecule has 0 heterocycles. The summed E-state index contributed by atoms with van der Waals surface area (Å²) in [6, 6.07) is 15.5. The van der Waals surface area contributed by atoms with Gasteiger partial charge in [-0.15, -0.1) is 0 Å². The summed E-state index contributed by atoms with van der Waals surface area (Å²) >= 11 is 5.93. The molecular formula is C16H13ClO. The maximum atomic E-state index is 12.4. The molecule has 1 aliphatic carbocycles. The zero-order valence-electron chi connectivity index (χ0n) is 9.90. The number of Topliss-reactive ketones (excluding diaryl/α,β-unsaturated/α-hetero) is 1. The van der Waals surface area contributed by atoms with Gasteiger partial charge in [-0.25, -0.2) is 0 Å². The Bertz CT molecular complexity index is 579. The summed E-state index contributed by atoms with van der Waals surface area (Å²) in [6.45, 7) is 0. The summed E-state index contributed by atoms with van der Waals surface area (Å²) in [6.07, 6.45) is 1.70. The molecule has 0 spiro atoms. The number of hydrogen-bond acceptors (Lipinski definition) is 1. The summed E-state index contributed by atoms with van der Waals surface area (Å²) in [5, 5.41) is 0.622. The molecule has 0 bridgehead atoms. The van der Waals surface area contributed by atoms with Crippen LogP contribution in [0.1, 0.15) is 21.5 Å². The summed E-state index contributed by atoms with van der Waals surface area (Å²) in [4.78, 5) is 12.4. The minimum absolute atomic E-state index is 0.0702. The largest absolute Gasteiger partial charge is 0.294 e. The zero-order valence-corrected chi connectivity index (χ0v) is 10.7. The number of rotatable bonds is 2. The Kier molecular flexibility index (Phi) is 2.92. The number of carbonyl (C=O) groups is 1. The van der Waals surface area contributed by atoms with E-state index in [2.05, 4.69) is 12.1 Å². The second-order valence-electron chi connectivity index (χ2n) is 4.75. The molecule has 1 nitrogen and oxygen atoms in total. The van der Waals surface area contributed by atoms with Crippen molar-refractivity contribution in [2.75, 3.05) is 0 Å². The topological polar surface area (TPSA) is 17.1 Å². The van der Waals surface area contributed by atoms with Gasteiger partial charge in [-0.05, 0) is 36.1 Å². The standard InChI is InChI=1S/C16H13ClO/c17-15-7-3-6-13(10-15)16(18)14-8-11-4-1-2-5-12(11)9-14/h1-7,10,14H,8-9H2. The van der Waals surface area contributed by atoms with E-state index < -0.39 is 0 Å². The van der Waals surface area contributed by atoms with Gasteiger partial charge in [0.2, 0.25) is 0 Å². The van der Waals surface area contributed by atoms with Crippen LogP contribution < -0.4 is 0 Å². The van der Waals surface area contributed by atoms with E-state index in [-0.39, 0.29) is 11.7 Å². The first-order chi connectivity index (χ1) is 8.74. The van der Waals surface area contributed by atoms with Crippen molar-refractivity contribution in [3.8, 4) is 0 Å². The number of benzene rings is 2. The van der Waals surface area contributed by atoms with Crippen LogP contribution in [0.2, 0.25) is 5.02 Å². The molecule has 0 amide bonds. The fourth-order valence-corrected chi connectivity index (χ4v) is 2.81. The lowest BCUT2D eigenvalue weighted by Gasteiger charge is -2.08. The van der Waals surface area contributed by atoms with Crippen molar-refractivity contribution in [1.29, 1.82) is 0 Å². The van der Waals surface area contributed by atoms with E-state index in [1.54, 1.807) is 12.1 Å². The molecule has 2 heteroatoms. The van der Waals surface area contributed by atoms with Crippen LogP contribution in [0.3, 0.4) is 0 Å². The molecular weight excluding hydrogens is 244 g/mol.